The minimum Gasteiger partial charge on any atom is -0.461 e. The first-order valence-electron chi connectivity index (χ1n) is 8.65. The molecule has 0 saturated heterocycles. The summed E-state index contributed by atoms with van der Waals surface area (Å²) >= 11 is 0. The maximum atomic E-state index is 12.8. The number of hydrogen-bond acceptors (Lipinski definition) is 5. The van der Waals surface area contributed by atoms with E-state index in [1.165, 1.54) is 4.90 Å². The molecule has 7 heteroatoms. The largest absolute Gasteiger partial charge is 0.461 e. The highest BCUT2D eigenvalue weighted by atomic mass is 16.5. The quantitative estimate of drug-likeness (QED) is 0.474. The number of nitrogens with two attached hydrogens (primary N) is 2. The van der Waals surface area contributed by atoms with E-state index in [-0.39, 0.29) is 5.91 Å². The number of hydrogen-bond donors (Lipinski definition) is 3. The second-order valence-corrected chi connectivity index (χ2v) is 6.23. The molecule has 0 aliphatic rings. The molecule has 1 heterocycles. The molecule has 1 unspecified atom stereocenters. The van der Waals surface area contributed by atoms with Gasteiger partial charge in [-0.05, 0) is 56.3 Å². The molecule has 5 N–H and O–H groups in total. The Bertz CT molecular complexity index is 994. The molecule has 0 bridgehead atoms. The van der Waals surface area contributed by atoms with Gasteiger partial charge in [0, 0.05) is 22.3 Å². The number of carbonyl (C=O) groups excluding carboxylic acids is 2. The van der Waals surface area contributed by atoms with Crippen LogP contribution in [0.2, 0.25) is 0 Å². The SMILES string of the molecule is CCOC(=O)c1cc2cc(N(C(=O)C(C)N)c3cccc(N)c3)ccc2[nH]1. The number of nitrogen functional groups attached to an aromatic ring is 1. The number of aromatic amines is 1. The number of anilines is 3. The van der Waals surface area contributed by atoms with Crippen LogP contribution in [0.1, 0.15) is 24.3 Å². The van der Waals surface area contributed by atoms with Crippen molar-refractivity contribution in [3.05, 3.63) is 54.2 Å². The molecule has 2 aromatic carbocycles. The summed E-state index contributed by atoms with van der Waals surface area (Å²) in [6.45, 7) is 3.68. The fourth-order valence-corrected chi connectivity index (χ4v) is 2.85. The van der Waals surface area contributed by atoms with Crippen molar-refractivity contribution in [2.45, 2.75) is 19.9 Å². The molecule has 7 nitrogen and oxygen atoms in total. The van der Waals surface area contributed by atoms with Crippen molar-refractivity contribution in [3.63, 3.8) is 0 Å². The van der Waals surface area contributed by atoms with Gasteiger partial charge in [0.05, 0.1) is 18.3 Å². The van der Waals surface area contributed by atoms with Crippen molar-refractivity contribution < 1.29 is 14.3 Å². The molecule has 3 rings (SSSR count). The van der Waals surface area contributed by atoms with Crippen LogP contribution in [-0.2, 0) is 9.53 Å². The van der Waals surface area contributed by atoms with E-state index in [4.69, 9.17) is 16.2 Å². The topological polar surface area (TPSA) is 114 Å². The van der Waals surface area contributed by atoms with Crippen LogP contribution in [0.3, 0.4) is 0 Å². The average Bonchev–Trinajstić information content (AvgIpc) is 3.05. The highest BCUT2D eigenvalue weighted by Gasteiger charge is 2.22. The minimum absolute atomic E-state index is 0.263. The molecule has 1 amide bonds. The smallest absolute Gasteiger partial charge is 0.354 e. The summed E-state index contributed by atoms with van der Waals surface area (Å²) in [6, 6.07) is 13.5. The van der Waals surface area contributed by atoms with Crippen molar-refractivity contribution in [1.82, 2.24) is 4.98 Å². The maximum Gasteiger partial charge on any atom is 0.354 e. The summed E-state index contributed by atoms with van der Waals surface area (Å²) in [5.41, 5.74) is 14.7. The van der Waals surface area contributed by atoms with Crippen molar-refractivity contribution in [1.29, 1.82) is 0 Å². The van der Waals surface area contributed by atoms with E-state index in [1.54, 1.807) is 56.3 Å². The van der Waals surface area contributed by atoms with Gasteiger partial charge in [0.25, 0.3) is 0 Å². The van der Waals surface area contributed by atoms with Gasteiger partial charge in [-0.1, -0.05) is 6.07 Å². The summed E-state index contributed by atoms with van der Waals surface area (Å²) in [6.07, 6.45) is 0. The first-order chi connectivity index (χ1) is 12.9. The van der Waals surface area contributed by atoms with Gasteiger partial charge < -0.3 is 21.2 Å². The molecule has 3 aromatic rings. The molecule has 0 aliphatic carbocycles. The molecule has 0 fully saturated rings. The van der Waals surface area contributed by atoms with Crippen LogP contribution in [-0.4, -0.2) is 29.5 Å². The molecule has 140 valence electrons. The van der Waals surface area contributed by atoms with E-state index in [0.717, 1.165) is 10.9 Å². The van der Waals surface area contributed by atoms with Gasteiger partial charge in [-0.3, -0.25) is 9.69 Å². The van der Waals surface area contributed by atoms with Crippen molar-refractivity contribution in [2.75, 3.05) is 17.2 Å². The highest BCUT2D eigenvalue weighted by Crippen LogP contribution is 2.30. The summed E-state index contributed by atoms with van der Waals surface area (Å²) in [5, 5.41) is 0.780. The molecular weight excluding hydrogens is 344 g/mol. The maximum absolute atomic E-state index is 12.8. The van der Waals surface area contributed by atoms with Crippen LogP contribution < -0.4 is 16.4 Å². The van der Waals surface area contributed by atoms with Crippen LogP contribution >= 0.6 is 0 Å². The Hall–Kier alpha value is -3.32. The number of H-pyrrole nitrogens is 1. The lowest BCUT2D eigenvalue weighted by atomic mass is 10.1. The van der Waals surface area contributed by atoms with E-state index in [0.29, 0.717) is 29.4 Å². The van der Waals surface area contributed by atoms with Gasteiger partial charge in [-0.15, -0.1) is 0 Å². The predicted octanol–water partition coefficient (Wildman–Crippen LogP) is 2.94. The first kappa shape index (κ1) is 18.5. The van der Waals surface area contributed by atoms with Crippen molar-refractivity contribution in [2.24, 2.45) is 5.73 Å². The van der Waals surface area contributed by atoms with Gasteiger partial charge >= 0.3 is 5.97 Å². The molecule has 0 aliphatic heterocycles. The summed E-state index contributed by atoms with van der Waals surface area (Å²) < 4.78 is 5.02. The van der Waals surface area contributed by atoms with Crippen LogP contribution in [0.15, 0.2) is 48.5 Å². The first-order valence-corrected chi connectivity index (χ1v) is 8.65. The van der Waals surface area contributed by atoms with E-state index in [1.807, 2.05) is 6.07 Å². The number of nitrogens with one attached hydrogen (secondary N) is 1. The number of rotatable bonds is 5. The molecule has 0 saturated carbocycles. The minimum atomic E-state index is -0.691. The molecular formula is C20H22N4O3. The number of aromatic nitrogens is 1. The number of amides is 1. The zero-order valence-electron chi connectivity index (χ0n) is 15.2. The molecule has 1 aromatic heterocycles. The monoisotopic (exact) mass is 366 g/mol. The van der Waals surface area contributed by atoms with E-state index < -0.39 is 12.0 Å². The van der Waals surface area contributed by atoms with Crippen LogP contribution in [0, 0.1) is 0 Å². The van der Waals surface area contributed by atoms with E-state index in [9.17, 15) is 9.59 Å². The average molecular weight is 366 g/mol. The summed E-state index contributed by atoms with van der Waals surface area (Å²) in [5.74, 6) is -0.685. The number of nitrogens with zero attached hydrogens (tertiary/aromatic N) is 1. The Kier molecular flexibility index (Phi) is 5.14. The Morgan fingerprint density at radius 2 is 1.89 bits per heavy atom. The second kappa shape index (κ2) is 7.51. The predicted molar refractivity (Wildman–Crippen MR) is 106 cm³/mol. The third kappa shape index (κ3) is 3.78. The van der Waals surface area contributed by atoms with Gasteiger partial charge in [0.2, 0.25) is 5.91 Å². The number of fused-ring (bicyclic) bond motifs is 1. The van der Waals surface area contributed by atoms with Gasteiger partial charge in [0.1, 0.15) is 5.69 Å². The zero-order valence-corrected chi connectivity index (χ0v) is 15.2. The number of ether oxygens (including phenoxy) is 1. The van der Waals surface area contributed by atoms with Gasteiger partial charge in [0.15, 0.2) is 0 Å². The lowest BCUT2D eigenvalue weighted by molar-refractivity contribution is -0.118. The number of carbonyl (C=O) groups is 2. The third-order valence-electron chi connectivity index (χ3n) is 4.10. The Morgan fingerprint density at radius 1 is 1.15 bits per heavy atom. The molecule has 27 heavy (non-hydrogen) atoms. The second-order valence-electron chi connectivity index (χ2n) is 6.23. The fraction of sp³-hybridized carbons (Fsp3) is 0.200. The Labute approximate surface area is 156 Å². The van der Waals surface area contributed by atoms with Crippen LogP contribution in [0.4, 0.5) is 17.1 Å². The van der Waals surface area contributed by atoms with Crippen LogP contribution in [0.25, 0.3) is 10.9 Å². The van der Waals surface area contributed by atoms with Crippen molar-refractivity contribution >= 4 is 39.8 Å². The molecule has 0 radical (unpaired) electrons. The zero-order chi connectivity index (χ0) is 19.6. The fourth-order valence-electron chi connectivity index (χ4n) is 2.85. The lowest BCUT2D eigenvalue weighted by Gasteiger charge is -2.25. The normalized spacial score (nSPS) is 12.0. The summed E-state index contributed by atoms with van der Waals surface area (Å²) in [7, 11) is 0. The van der Waals surface area contributed by atoms with Gasteiger partial charge in [-0.25, -0.2) is 4.79 Å². The highest BCUT2D eigenvalue weighted by molar-refractivity contribution is 6.05. The lowest BCUT2D eigenvalue weighted by Crippen LogP contribution is -2.39. The molecule has 1 atom stereocenters. The standard InChI is InChI=1S/C20H22N4O3/c1-3-27-20(26)18-10-13-9-16(7-8-17(13)23-18)24(19(25)12(2)21)15-6-4-5-14(22)11-15/h4-12,23H,3,21-22H2,1-2H3. The van der Waals surface area contributed by atoms with Crippen molar-refractivity contribution in [3.8, 4) is 0 Å². The third-order valence-corrected chi connectivity index (χ3v) is 4.10. The van der Waals surface area contributed by atoms with Crippen LogP contribution in [0.5, 0.6) is 0 Å². The number of esters is 1. The molecule has 0 spiro atoms. The van der Waals surface area contributed by atoms with E-state index in [2.05, 4.69) is 4.98 Å². The van der Waals surface area contributed by atoms with E-state index >= 15 is 0 Å². The Morgan fingerprint density at radius 3 is 2.56 bits per heavy atom. The van der Waals surface area contributed by atoms with Gasteiger partial charge in [-0.2, -0.15) is 0 Å². The Balaban J connectivity index is 2.07. The summed E-state index contributed by atoms with van der Waals surface area (Å²) in [4.78, 5) is 29.3. The number of benzene rings is 2.